The number of nitrogens with two attached hydrogens (primary N) is 1. The molecule has 1 aliphatic rings. The number of nitrogens with zero attached hydrogens (tertiary/aromatic N) is 1. The Bertz CT molecular complexity index is 581. The fourth-order valence-electron chi connectivity index (χ4n) is 2.17. The van der Waals surface area contributed by atoms with Crippen LogP contribution in [0.4, 0.5) is 15.8 Å². The second-order valence-electron chi connectivity index (χ2n) is 4.70. The highest BCUT2D eigenvalue weighted by Crippen LogP contribution is 2.26. The van der Waals surface area contributed by atoms with Crippen molar-refractivity contribution in [3.63, 3.8) is 0 Å². The van der Waals surface area contributed by atoms with Gasteiger partial charge in [0.05, 0.1) is 28.8 Å². The smallest absolute Gasteiger partial charge is 0.285 e. The Morgan fingerprint density at radius 1 is 1.57 bits per heavy atom. The van der Waals surface area contributed by atoms with Crippen LogP contribution in [0.2, 0.25) is 0 Å². The Balaban J connectivity index is 2.32. The summed E-state index contributed by atoms with van der Waals surface area (Å²) in [7, 11) is 0. The van der Waals surface area contributed by atoms with Gasteiger partial charge in [0.2, 0.25) is 0 Å². The summed E-state index contributed by atoms with van der Waals surface area (Å²) in [5, 5.41) is 13.6. The minimum atomic E-state index is -0.904. The maximum atomic E-state index is 13.5. The number of nitro groups is 1. The first kappa shape index (κ1) is 15.1. The number of nitro benzene ring substituents is 1. The molecule has 8 nitrogen and oxygen atoms in total. The molecule has 2 atom stereocenters. The average molecular weight is 298 g/mol. The zero-order valence-electron chi connectivity index (χ0n) is 11.3. The SMILES string of the molecule is CC1OCCC1NC(=O)c1cc(NN)c(F)cc1[N+](=O)[O-]. The number of nitrogens with one attached hydrogen (secondary N) is 2. The van der Waals surface area contributed by atoms with Crippen LogP contribution in [0.25, 0.3) is 0 Å². The van der Waals surface area contributed by atoms with E-state index in [1.807, 2.05) is 0 Å². The molecule has 114 valence electrons. The van der Waals surface area contributed by atoms with Gasteiger partial charge in [-0.05, 0) is 19.4 Å². The zero-order valence-corrected chi connectivity index (χ0v) is 11.3. The summed E-state index contributed by atoms with van der Waals surface area (Å²) in [6.07, 6.45) is 0.435. The summed E-state index contributed by atoms with van der Waals surface area (Å²) in [6, 6.07) is 1.44. The van der Waals surface area contributed by atoms with Crippen molar-refractivity contribution in [2.24, 2.45) is 5.84 Å². The van der Waals surface area contributed by atoms with E-state index in [2.05, 4.69) is 10.7 Å². The predicted molar refractivity (Wildman–Crippen MR) is 72.1 cm³/mol. The number of hydrogen-bond donors (Lipinski definition) is 3. The van der Waals surface area contributed by atoms with E-state index in [0.29, 0.717) is 19.1 Å². The van der Waals surface area contributed by atoms with Crippen LogP contribution >= 0.6 is 0 Å². The van der Waals surface area contributed by atoms with E-state index in [1.54, 1.807) is 6.92 Å². The maximum Gasteiger partial charge on any atom is 0.285 e. The Kier molecular flexibility index (Phi) is 4.34. The Morgan fingerprint density at radius 2 is 2.29 bits per heavy atom. The molecule has 0 aliphatic carbocycles. The molecular formula is C12H15FN4O4. The molecule has 1 aliphatic heterocycles. The predicted octanol–water partition coefficient (Wildman–Crippen LogP) is 0.927. The Labute approximate surface area is 119 Å². The molecule has 0 saturated carbocycles. The lowest BCUT2D eigenvalue weighted by Gasteiger charge is -2.16. The van der Waals surface area contributed by atoms with E-state index in [0.717, 1.165) is 6.07 Å². The minimum Gasteiger partial charge on any atom is -0.376 e. The maximum absolute atomic E-state index is 13.5. The summed E-state index contributed by atoms with van der Waals surface area (Å²) < 4.78 is 18.8. The molecule has 4 N–H and O–H groups in total. The molecule has 0 spiro atoms. The molecule has 1 amide bonds. The summed E-state index contributed by atoms with van der Waals surface area (Å²) in [5.41, 5.74) is 0.992. The number of carbonyl (C=O) groups is 1. The number of benzene rings is 1. The van der Waals surface area contributed by atoms with Gasteiger partial charge in [0.1, 0.15) is 5.56 Å². The fourth-order valence-corrected chi connectivity index (χ4v) is 2.17. The lowest BCUT2D eigenvalue weighted by atomic mass is 10.1. The van der Waals surface area contributed by atoms with Crippen LogP contribution in [0, 0.1) is 15.9 Å². The molecule has 1 fully saturated rings. The number of hydrazine groups is 1. The van der Waals surface area contributed by atoms with Crippen molar-refractivity contribution in [3.05, 3.63) is 33.6 Å². The van der Waals surface area contributed by atoms with Gasteiger partial charge in [0, 0.05) is 6.61 Å². The highest BCUT2D eigenvalue weighted by molar-refractivity contribution is 5.99. The van der Waals surface area contributed by atoms with Crippen LogP contribution in [-0.4, -0.2) is 29.6 Å². The molecule has 1 heterocycles. The molecule has 21 heavy (non-hydrogen) atoms. The van der Waals surface area contributed by atoms with Crippen LogP contribution in [0.3, 0.4) is 0 Å². The minimum absolute atomic E-state index is 0.180. The Hall–Kier alpha value is -2.26. The van der Waals surface area contributed by atoms with Crippen molar-refractivity contribution in [2.45, 2.75) is 25.5 Å². The highest BCUT2D eigenvalue weighted by atomic mass is 19.1. The number of ether oxygens (including phenoxy) is 1. The van der Waals surface area contributed by atoms with Crippen molar-refractivity contribution in [3.8, 4) is 0 Å². The Morgan fingerprint density at radius 3 is 2.81 bits per heavy atom. The molecule has 2 unspecified atom stereocenters. The van der Waals surface area contributed by atoms with Crippen LogP contribution in [-0.2, 0) is 4.74 Å². The van der Waals surface area contributed by atoms with E-state index < -0.39 is 22.3 Å². The van der Waals surface area contributed by atoms with Crippen LogP contribution in [0.5, 0.6) is 0 Å². The molecule has 1 saturated heterocycles. The second-order valence-corrected chi connectivity index (χ2v) is 4.70. The first-order valence-electron chi connectivity index (χ1n) is 6.31. The first-order valence-corrected chi connectivity index (χ1v) is 6.31. The van der Waals surface area contributed by atoms with Gasteiger partial charge in [0.25, 0.3) is 11.6 Å². The first-order chi connectivity index (χ1) is 9.93. The van der Waals surface area contributed by atoms with Crippen LogP contribution in [0.1, 0.15) is 23.7 Å². The van der Waals surface area contributed by atoms with Crippen molar-refractivity contribution in [2.75, 3.05) is 12.0 Å². The van der Waals surface area contributed by atoms with Crippen molar-refractivity contribution in [1.29, 1.82) is 0 Å². The third-order valence-corrected chi connectivity index (χ3v) is 3.37. The number of carbonyl (C=O) groups excluding carboxylic acids is 1. The third kappa shape index (κ3) is 3.09. The molecule has 2 rings (SSSR count). The molecule has 1 aromatic rings. The van der Waals surface area contributed by atoms with Crippen LogP contribution in [0.15, 0.2) is 12.1 Å². The summed E-state index contributed by atoms with van der Waals surface area (Å²) >= 11 is 0. The van der Waals surface area contributed by atoms with Gasteiger partial charge >= 0.3 is 0 Å². The number of halogens is 1. The second kappa shape index (κ2) is 6.02. The van der Waals surface area contributed by atoms with Gasteiger partial charge < -0.3 is 15.5 Å². The fraction of sp³-hybridized carbons (Fsp3) is 0.417. The highest BCUT2D eigenvalue weighted by Gasteiger charge is 2.29. The standard InChI is InChI=1S/C12H15FN4O4/c1-6-9(2-3-21-6)15-12(18)7-4-10(16-14)8(13)5-11(7)17(19)20/h4-6,9,16H,2-3,14H2,1H3,(H,15,18). The quantitative estimate of drug-likeness (QED) is 0.432. The zero-order chi connectivity index (χ0) is 15.6. The normalized spacial score (nSPS) is 21.1. The lowest BCUT2D eigenvalue weighted by molar-refractivity contribution is -0.385. The van der Waals surface area contributed by atoms with E-state index in [-0.39, 0.29) is 23.4 Å². The number of anilines is 1. The van der Waals surface area contributed by atoms with Gasteiger partial charge in [-0.2, -0.15) is 0 Å². The summed E-state index contributed by atoms with van der Waals surface area (Å²) in [6.45, 7) is 2.30. The van der Waals surface area contributed by atoms with Gasteiger partial charge in [-0.1, -0.05) is 0 Å². The average Bonchev–Trinajstić information content (AvgIpc) is 2.83. The van der Waals surface area contributed by atoms with E-state index >= 15 is 0 Å². The third-order valence-electron chi connectivity index (χ3n) is 3.37. The molecule has 0 bridgehead atoms. The van der Waals surface area contributed by atoms with Crippen molar-refractivity contribution in [1.82, 2.24) is 5.32 Å². The number of hydrogen-bond acceptors (Lipinski definition) is 6. The molecule has 0 radical (unpaired) electrons. The van der Waals surface area contributed by atoms with Gasteiger partial charge in [0.15, 0.2) is 5.82 Å². The van der Waals surface area contributed by atoms with Crippen molar-refractivity contribution >= 4 is 17.3 Å². The topological polar surface area (TPSA) is 120 Å². The van der Waals surface area contributed by atoms with Gasteiger partial charge in [-0.15, -0.1) is 0 Å². The van der Waals surface area contributed by atoms with E-state index in [4.69, 9.17) is 10.6 Å². The summed E-state index contributed by atoms with van der Waals surface area (Å²) in [5.74, 6) is 3.55. The van der Waals surface area contributed by atoms with Crippen molar-refractivity contribution < 1.29 is 18.8 Å². The van der Waals surface area contributed by atoms with Crippen LogP contribution < -0.4 is 16.6 Å². The largest absolute Gasteiger partial charge is 0.376 e. The lowest BCUT2D eigenvalue weighted by Crippen LogP contribution is -2.39. The number of nitrogen functional groups attached to an aromatic ring is 1. The molecule has 9 heteroatoms. The van der Waals surface area contributed by atoms with Gasteiger partial charge in [-0.3, -0.25) is 20.8 Å². The summed E-state index contributed by atoms with van der Waals surface area (Å²) in [4.78, 5) is 22.3. The number of amides is 1. The van der Waals surface area contributed by atoms with E-state index in [1.165, 1.54) is 0 Å². The van der Waals surface area contributed by atoms with E-state index in [9.17, 15) is 19.3 Å². The monoisotopic (exact) mass is 298 g/mol. The molecular weight excluding hydrogens is 283 g/mol. The molecule has 1 aromatic carbocycles. The number of rotatable bonds is 4. The molecule has 0 aromatic heterocycles. The van der Waals surface area contributed by atoms with Gasteiger partial charge in [-0.25, -0.2) is 4.39 Å².